The van der Waals surface area contributed by atoms with Gasteiger partial charge in [0.05, 0.1) is 0 Å². The molecule has 0 aliphatic carbocycles. The predicted octanol–water partition coefficient (Wildman–Crippen LogP) is 5.66. The molecule has 0 fully saturated rings. The van der Waals surface area contributed by atoms with E-state index in [1.165, 1.54) is 11.1 Å². The lowest BCUT2D eigenvalue weighted by Crippen LogP contribution is -2.25. The van der Waals surface area contributed by atoms with Crippen molar-refractivity contribution in [2.45, 2.75) is 78.0 Å². The lowest BCUT2D eigenvalue weighted by molar-refractivity contribution is 0.176. The van der Waals surface area contributed by atoms with Gasteiger partial charge in [-0.2, -0.15) is 0 Å². The van der Waals surface area contributed by atoms with E-state index in [-0.39, 0.29) is 16.2 Å². The number of rotatable bonds is 3. The van der Waals surface area contributed by atoms with Crippen molar-refractivity contribution in [3.63, 3.8) is 0 Å². The molecule has 0 aromatic heterocycles. The highest BCUT2D eigenvalue weighted by molar-refractivity contribution is 7.18. The summed E-state index contributed by atoms with van der Waals surface area (Å²) in [5.41, 5.74) is 2.88. The molecule has 20 heavy (non-hydrogen) atoms. The summed E-state index contributed by atoms with van der Waals surface area (Å²) in [6.45, 7) is 17.7. The van der Waals surface area contributed by atoms with Crippen molar-refractivity contribution in [3.8, 4) is 5.75 Å². The summed E-state index contributed by atoms with van der Waals surface area (Å²) in [6.07, 6.45) is 0.961. The van der Waals surface area contributed by atoms with Crippen LogP contribution in [-0.4, -0.2) is 5.34 Å². The van der Waals surface area contributed by atoms with Crippen LogP contribution in [-0.2, 0) is 10.8 Å². The van der Waals surface area contributed by atoms with Gasteiger partial charge < -0.3 is 4.74 Å². The Morgan fingerprint density at radius 2 is 1.50 bits per heavy atom. The molecule has 1 aromatic carbocycles. The van der Waals surface area contributed by atoms with E-state index in [1.807, 2.05) is 0 Å². The molecule has 2 unspecified atom stereocenters. The van der Waals surface area contributed by atoms with Crippen LogP contribution in [0.15, 0.2) is 18.2 Å². The van der Waals surface area contributed by atoms with Crippen LogP contribution in [0.2, 0.25) is 0 Å². The Morgan fingerprint density at radius 3 is 1.90 bits per heavy atom. The minimum atomic E-state index is -0.205. The van der Waals surface area contributed by atoms with Gasteiger partial charge in [-0.05, 0) is 41.4 Å². The summed E-state index contributed by atoms with van der Waals surface area (Å²) < 4.78 is 6.24. The maximum Gasteiger partial charge on any atom is 0.124 e. The van der Waals surface area contributed by atoms with E-state index in [4.69, 9.17) is 4.74 Å². The summed E-state index contributed by atoms with van der Waals surface area (Å²) in [5.74, 6) is 1.00. The SMILES string of the molecule is CCC(C)(P)Oc1ccc(C(C)(C)C)cc1C(C)(C)C. The molecule has 2 atom stereocenters. The average Bonchev–Trinajstić information content (AvgIpc) is 2.26. The molecule has 0 radical (unpaired) electrons. The molecule has 0 saturated heterocycles. The minimum absolute atomic E-state index is 0.0745. The molecule has 1 rings (SSSR count). The van der Waals surface area contributed by atoms with Gasteiger partial charge in [0.15, 0.2) is 0 Å². The highest BCUT2D eigenvalue weighted by Gasteiger charge is 2.26. The van der Waals surface area contributed by atoms with Crippen molar-refractivity contribution < 1.29 is 4.74 Å². The minimum Gasteiger partial charge on any atom is -0.483 e. The fraction of sp³-hybridized carbons (Fsp3) is 0.667. The van der Waals surface area contributed by atoms with Gasteiger partial charge in [0.25, 0.3) is 0 Å². The fourth-order valence-electron chi connectivity index (χ4n) is 1.99. The molecule has 0 spiro atoms. The molecule has 0 saturated carbocycles. The first-order valence-corrected chi connectivity index (χ1v) is 8.07. The van der Waals surface area contributed by atoms with E-state index >= 15 is 0 Å². The molecule has 0 N–H and O–H groups in total. The standard InChI is InChI=1S/C18H31OP/c1-9-18(8,20)19-15-11-10-13(16(2,3)4)12-14(15)17(5,6)7/h10-12H,9,20H2,1-8H3. The van der Waals surface area contributed by atoms with Gasteiger partial charge in [-0.25, -0.2) is 0 Å². The first-order valence-electron chi connectivity index (χ1n) is 7.50. The van der Waals surface area contributed by atoms with Crippen LogP contribution < -0.4 is 4.74 Å². The second-order valence-electron chi connectivity index (χ2n) is 7.98. The number of ether oxygens (including phenoxy) is 1. The molecule has 0 amide bonds. The molecule has 114 valence electrons. The van der Waals surface area contributed by atoms with Crippen molar-refractivity contribution in [2.24, 2.45) is 0 Å². The lowest BCUT2D eigenvalue weighted by Gasteiger charge is -2.31. The third-order valence-electron chi connectivity index (χ3n) is 3.70. The molecule has 2 heteroatoms. The van der Waals surface area contributed by atoms with Crippen LogP contribution in [0.4, 0.5) is 0 Å². The number of hydrogen-bond donors (Lipinski definition) is 0. The van der Waals surface area contributed by atoms with Crippen LogP contribution >= 0.6 is 9.24 Å². The van der Waals surface area contributed by atoms with E-state index < -0.39 is 0 Å². The van der Waals surface area contributed by atoms with Crippen LogP contribution in [0.3, 0.4) is 0 Å². The van der Waals surface area contributed by atoms with Crippen molar-refractivity contribution in [1.82, 2.24) is 0 Å². The zero-order chi connectivity index (χ0) is 15.8. The highest BCUT2D eigenvalue weighted by Crippen LogP contribution is 2.38. The van der Waals surface area contributed by atoms with E-state index in [1.54, 1.807) is 0 Å². The second-order valence-corrected chi connectivity index (χ2v) is 9.20. The third kappa shape index (κ3) is 4.48. The van der Waals surface area contributed by atoms with Crippen LogP contribution in [0.1, 0.15) is 72.9 Å². The zero-order valence-electron chi connectivity index (χ0n) is 14.4. The van der Waals surface area contributed by atoms with Crippen LogP contribution in [0, 0.1) is 0 Å². The molecule has 1 nitrogen and oxygen atoms in total. The average molecular weight is 294 g/mol. The van der Waals surface area contributed by atoms with Crippen molar-refractivity contribution >= 4 is 9.24 Å². The number of benzene rings is 1. The van der Waals surface area contributed by atoms with Gasteiger partial charge in [0.1, 0.15) is 11.1 Å². The highest BCUT2D eigenvalue weighted by atomic mass is 31.0. The van der Waals surface area contributed by atoms with Gasteiger partial charge >= 0.3 is 0 Å². The van der Waals surface area contributed by atoms with Gasteiger partial charge in [-0.3, -0.25) is 0 Å². The second kappa shape index (κ2) is 5.68. The molecule has 0 aliphatic heterocycles. The summed E-state index contributed by atoms with van der Waals surface area (Å²) >= 11 is 0. The Morgan fingerprint density at radius 1 is 0.950 bits per heavy atom. The van der Waals surface area contributed by atoms with Crippen molar-refractivity contribution in [1.29, 1.82) is 0 Å². The quantitative estimate of drug-likeness (QED) is 0.653. The number of hydrogen-bond acceptors (Lipinski definition) is 1. The Labute approximate surface area is 127 Å². The molecule has 0 heterocycles. The predicted molar refractivity (Wildman–Crippen MR) is 92.9 cm³/mol. The largest absolute Gasteiger partial charge is 0.483 e. The first-order chi connectivity index (χ1) is 8.87. The first kappa shape index (κ1) is 17.5. The van der Waals surface area contributed by atoms with Crippen molar-refractivity contribution in [2.75, 3.05) is 0 Å². The van der Waals surface area contributed by atoms with E-state index in [0.717, 1.165) is 12.2 Å². The maximum atomic E-state index is 6.24. The zero-order valence-corrected chi connectivity index (χ0v) is 15.6. The van der Waals surface area contributed by atoms with Gasteiger partial charge in [-0.15, -0.1) is 0 Å². The smallest absolute Gasteiger partial charge is 0.124 e. The topological polar surface area (TPSA) is 9.23 Å². The molecule has 1 aromatic rings. The Kier molecular flexibility index (Phi) is 4.97. The Balaban J connectivity index is 3.32. The molecule has 0 bridgehead atoms. The third-order valence-corrected chi connectivity index (χ3v) is 4.22. The summed E-state index contributed by atoms with van der Waals surface area (Å²) in [4.78, 5) is 0. The lowest BCUT2D eigenvalue weighted by atomic mass is 9.80. The maximum absolute atomic E-state index is 6.24. The van der Waals surface area contributed by atoms with Crippen LogP contribution in [0.5, 0.6) is 5.75 Å². The van der Waals surface area contributed by atoms with E-state index in [9.17, 15) is 0 Å². The molecule has 0 aliphatic rings. The molecular weight excluding hydrogens is 263 g/mol. The van der Waals surface area contributed by atoms with Gasteiger partial charge in [0.2, 0.25) is 0 Å². The summed E-state index contributed by atoms with van der Waals surface area (Å²) in [5, 5.41) is -0.205. The fourth-order valence-corrected chi connectivity index (χ4v) is 2.12. The van der Waals surface area contributed by atoms with Gasteiger partial charge in [-0.1, -0.05) is 69.8 Å². The normalized spacial score (nSPS) is 15.8. The van der Waals surface area contributed by atoms with E-state index in [2.05, 4.69) is 82.8 Å². The van der Waals surface area contributed by atoms with Crippen LogP contribution in [0.25, 0.3) is 0 Å². The van der Waals surface area contributed by atoms with E-state index in [0.29, 0.717) is 0 Å². The van der Waals surface area contributed by atoms with Gasteiger partial charge in [0, 0.05) is 0 Å². The molecular formula is C18H31OP. The summed E-state index contributed by atoms with van der Waals surface area (Å²) in [7, 11) is 2.82. The summed E-state index contributed by atoms with van der Waals surface area (Å²) in [6, 6.07) is 6.64. The van der Waals surface area contributed by atoms with Crippen molar-refractivity contribution in [3.05, 3.63) is 29.3 Å². The Hall–Kier alpha value is -0.550. The Bertz CT molecular complexity index is 461. The monoisotopic (exact) mass is 294 g/mol.